The minimum Gasteiger partial charge on any atom is -0.489 e. The average Bonchev–Trinajstić information content (AvgIpc) is 2.53. The van der Waals surface area contributed by atoms with Gasteiger partial charge in [0.15, 0.2) is 0 Å². The van der Waals surface area contributed by atoms with Crippen molar-refractivity contribution in [3.05, 3.63) is 71.9 Å². The Morgan fingerprint density at radius 2 is 1.86 bits per heavy atom. The molecule has 0 aliphatic rings. The van der Waals surface area contributed by atoms with E-state index in [4.69, 9.17) is 9.84 Å². The highest BCUT2D eigenvalue weighted by Gasteiger charge is 2.06. The minimum atomic E-state index is -1.03. The molecule has 2 aromatic carbocycles. The summed E-state index contributed by atoms with van der Waals surface area (Å²) in [4.78, 5) is 15.0. The van der Waals surface area contributed by atoms with Crippen LogP contribution in [0.25, 0.3) is 10.9 Å². The maximum Gasteiger partial charge on any atom is 0.354 e. The molecule has 4 nitrogen and oxygen atoms in total. The van der Waals surface area contributed by atoms with E-state index in [9.17, 15) is 4.79 Å². The molecule has 0 saturated heterocycles. The summed E-state index contributed by atoms with van der Waals surface area (Å²) in [6.07, 6.45) is 0. The fraction of sp³-hybridized carbons (Fsp3) is 0.0588. The smallest absolute Gasteiger partial charge is 0.354 e. The van der Waals surface area contributed by atoms with Gasteiger partial charge in [0, 0.05) is 5.39 Å². The predicted molar refractivity (Wildman–Crippen MR) is 79.5 cm³/mol. The molecule has 0 aliphatic heterocycles. The normalized spacial score (nSPS) is 10.5. The van der Waals surface area contributed by atoms with Crippen LogP contribution in [0, 0.1) is 0 Å². The molecule has 0 saturated carbocycles. The highest BCUT2D eigenvalue weighted by atomic mass is 16.5. The van der Waals surface area contributed by atoms with Crippen molar-refractivity contribution in [1.82, 2.24) is 4.98 Å². The van der Waals surface area contributed by atoms with Gasteiger partial charge in [-0.05, 0) is 29.8 Å². The maximum atomic E-state index is 10.9. The number of carboxylic acid groups (broad SMARTS) is 1. The van der Waals surface area contributed by atoms with Crippen LogP contribution in [0.15, 0.2) is 60.7 Å². The quantitative estimate of drug-likeness (QED) is 0.794. The number of hydrogen-bond acceptors (Lipinski definition) is 3. The van der Waals surface area contributed by atoms with Gasteiger partial charge in [0.25, 0.3) is 0 Å². The largest absolute Gasteiger partial charge is 0.489 e. The Hall–Kier alpha value is -2.88. The second-order valence-electron chi connectivity index (χ2n) is 4.63. The highest BCUT2D eigenvalue weighted by Crippen LogP contribution is 2.21. The highest BCUT2D eigenvalue weighted by molar-refractivity contribution is 5.90. The van der Waals surface area contributed by atoms with E-state index in [1.807, 2.05) is 36.4 Å². The first-order valence-electron chi connectivity index (χ1n) is 6.53. The molecular formula is C17H13NO3. The molecule has 21 heavy (non-hydrogen) atoms. The molecule has 0 unspecified atom stereocenters. The first-order chi connectivity index (χ1) is 10.2. The number of carboxylic acids is 1. The van der Waals surface area contributed by atoms with Crippen molar-refractivity contribution in [2.45, 2.75) is 6.61 Å². The zero-order valence-electron chi connectivity index (χ0n) is 11.2. The number of fused-ring (bicyclic) bond motifs is 1. The van der Waals surface area contributed by atoms with Crippen molar-refractivity contribution >= 4 is 16.9 Å². The topological polar surface area (TPSA) is 59.4 Å². The molecule has 104 valence electrons. The van der Waals surface area contributed by atoms with Crippen molar-refractivity contribution in [2.75, 3.05) is 0 Å². The second kappa shape index (κ2) is 5.63. The summed E-state index contributed by atoms with van der Waals surface area (Å²) in [6.45, 7) is 0.493. The Morgan fingerprint density at radius 1 is 1.05 bits per heavy atom. The number of aromatic carboxylic acids is 1. The van der Waals surface area contributed by atoms with Gasteiger partial charge in [-0.15, -0.1) is 0 Å². The van der Waals surface area contributed by atoms with Gasteiger partial charge in [-0.25, -0.2) is 9.78 Å². The molecule has 0 radical (unpaired) electrons. The number of nitrogens with zero attached hydrogens (tertiary/aromatic N) is 1. The molecule has 0 aliphatic carbocycles. The molecule has 3 aromatic rings. The summed E-state index contributed by atoms with van der Waals surface area (Å²) in [5.41, 5.74) is 1.78. The summed E-state index contributed by atoms with van der Waals surface area (Å²) in [7, 11) is 0. The summed E-state index contributed by atoms with van der Waals surface area (Å²) in [5, 5.41) is 9.77. The Morgan fingerprint density at radius 3 is 2.62 bits per heavy atom. The van der Waals surface area contributed by atoms with Crippen molar-refractivity contribution in [3.63, 3.8) is 0 Å². The third-order valence-corrected chi connectivity index (χ3v) is 3.13. The van der Waals surface area contributed by atoms with E-state index in [0.29, 0.717) is 12.1 Å². The maximum absolute atomic E-state index is 10.9. The van der Waals surface area contributed by atoms with Crippen LogP contribution in [0.2, 0.25) is 0 Å². The van der Waals surface area contributed by atoms with E-state index in [-0.39, 0.29) is 5.69 Å². The number of benzene rings is 2. The van der Waals surface area contributed by atoms with Gasteiger partial charge in [-0.2, -0.15) is 0 Å². The standard InChI is InChI=1S/C17H13NO3/c19-17(20)16-8-6-13-10-14(7-9-15(13)18-16)21-11-12-4-2-1-3-5-12/h1-10H,11H2,(H,19,20). The second-order valence-corrected chi connectivity index (χ2v) is 4.63. The zero-order valence-corrected chi connectivity index (χ0v) is 11.2. The van der Waals surface area contributed by atoms with E-state index >= 15 is 0 Å². The van der Waals surface area contributed by atoms with E-state index < -0.39 is 5.97 Å². The van der Waals surface area contributed by atoms with Gasteiger partial charge in [-0.1, -0.05) is 36.4 Å². The number of aromatic nitrogens is 1. The van der Waals surface area contributed by atoms with E-state index in [1.54, 1.807) is 18.2 Å². The molecule has 0 fully saturated rings. The molecule has 0 atom stereocenters. The Bertz CT molecular complexity index is 784. The van der Waals surface area contributed by atoms with Crippen molar-refractivity contribution in [3.8, 4) is 5.75 Å². The minimum absolute atomic E-state index is 0.0421. The van der Waals surface area contributed by atoms with Gasteiger partial charge in [0.1, 0.15) is 18.1 Å². The number of carbonyl (C=O) groups is 1. The van der Waals surface area contributed by atoms with E-state index in [0.717, 1.165) is 16.7 Å². The number of hydrogen-bond donors (Lipinski definition) is 1. The first kappa shape index (κ1) is 13.1. The van der Waals surface area contributed by atoms with Crippen molar-refractivity contribution in [1.29, 1.82) is 0 Å². The lowest BCUT2D eigenvalue weighted by atomic mass is 10.2. The molecular weight excluding hydrogens is 266 g/mol. The monoisotopic (exact) mass is 279 g/mol. The van der Waals surface area contributed by atoms with Crippen LogP contribution in [-0.4, -0.2) is 16.1 Å². The van der Waals surface area contributed by atoms with Crippen LogP contribution in [0.5, 0.6) is 5.75 Å². The van der Waals surface area contributed by atoms with Crippen LogP contribution in [0.1, 0.15) is 16.1 Å². The lowest BCUT2D eigenvalue weighted by Gasteiger charge is -2.07. The van der Waals surface area contributed by atoms with E-state index in [1.165, 1.54) is 6.07 Å². The average molecular weight is 279 g/mol. The molecule has 4 heteroatoms. The van der Waals surface area contributed by atoms with Crippen LogP contribution < -0.4 is 4.74 Å². The third-order valence-electron chi connectivity index (χ3n) is 3.13. The number of pyridine rings is 1. The summed E-state index contributed by atoms with van der Waals surface area (Å²) in [5.74, 6) is -0.294. The van der Waals surface area contributed by atoms with Gasteiger partial charge in [0.2, 0.25) is 0 Å². The van der Waals surface area contributed by atoms with Gasteiger partial charge in [0.05, 0.1) is 5.52 Å². The van der Waals surface area contributed by atoms with Gasteiger partial charge >= 0.3 is 5.97 Å². The SMILES string of the molecule is O=C(O)c1ccc2cc(OCc3ccccc3)ccc2n1. The summed E-state index contributed by atoms with van der Waals surface area (Å²) in [6, 6.07) is 18.6. The van der Waals surface area contributed by atoms with Crippen LogP contribution >= 0.6 is 0 Å². The predicted octanol–water partition coefficient (Wildman–Crippen LogP) is 3.51. The van der Waals surface area contributed by atoms with Crippen molar-refractivity contribution < 1.29 is 14.6 Å². The lowest BCUT2D eigenvalue weighted by molar-refractivity contribution is 0.0691. The molecule has 1 heterocycles. The van der Waals surface area contributed by atoms with Crippen LogP contribution in [-0.2, 0) is 6.61 Å². The molecule has 3 rings (SSSR count). The fourth-order valence-corrected chi connectivity index (χ4v) is 2.05. The molecule has 0 bridgehead atoms. The molecule has 1 aromatic heterocycles. The molecule has 0 spiro atoms. The third kappa shape index (κ3) is 3.00. The Balaban J connectivity index is 1.81. The Labute approximate surface area is 121 Å². The number of rotatable bonds is 4. The summed E-state index contributed by atoms with van der Waals surface area (Å²) < 4.78 is 5.73. The Kier molecular flexibility index (Phi) is 3.51. The van der Waals surface area contributed by atoms with Gasteiger partial charge < -0.3 is 9.84 Å². The lowest BCUT2D eigenvalue weighted by Crippen LogP contribution is -2.00. The van der Waals surface area contributed by atoms with Gasteiger partial charge in [-0.3, -0.25) is 0 Å². The zero-order chi connectivity index (χ0) is 14.7. The van der Waals surface area contributed by atoms with Crippen molar-refractivity contribution in [2.24, 2.45) is 0 Å². The molecule has 1 N–H and O–H groups in total. The van der Waals surface area contributed by atoms with E-state index in [2.05, 4.69) is 4.98 Å². The van der Waals surface area contributed by atoms with Crippen LogP contribution in [0.4, 0.5) is 0 Å². The fourth-order valence-electron chi connectivity index (χ4n) is 2.05. The summed E-state index contributed by atoms with van der Waals surface area (Å²) >= 11 is 0. The first-order valence-corrected chi connectivity index (χ1v) is 6.53. The molecule has 0 amide bonds. The van der Waals surface area contributed by atoms with Crippen LogP contribution in [0.3, 0.4) is 0 Å². The number of ether oxygens (including phenoxy) is 1.